The number of carbonyl (C=O) groups is 2. The maximum absolute atomic E-state index is 12.6. The lowest BCUT2D eigenvalue weighted by atomic mass is 10.1. The lowest BCUT2D eigenvalue weighted by Crippen LogP contribution is -2.25. The van der Waals surface area contributed by atoms with E-state index in [0.29, 0.717) is 22.0 Å². The third-order valence-corrected chi connectivity index (χ3v) is 5.07. The number of amides is 2. The molecule has 3 aromatic rings. The highest BCUT2D eigenvalue weighted by Crippen LogP contribution is 2.27. The van der Waals surface area contributed by atoms with Gasteiger partial charge < -0.3 is 10.6 Å². The molecule has 0 bridgehead atoms. The molecule has 2 aromatic carbocycles. The van der Waals surface area contributed by atoms with Crippen LogP contribution < -0.4 is 10.6 Å². The second-order valence-electron chi connectivity index (χ2n) is 7.56. The van der Waals surface area contributed by atoms with Gasteiger partial charge in [-0.1, -0.05) is 28.8 Å². The van der Waals surface area contributed by atoms with E-state index in [4.69, 9.17) is 11.6 Å². The fourth-order valence-corrected chi connectivity index (χ4v) is 3.62. The van der Waals surface area contributed by atoms with Gasteiger partial charge in [-0.05, 0) is 71.0 Å². The van der Waals surface area contributed by atoms with Crippen molar-refractivity contribution in [2.24, 2.45) is 0 Å². The number of nitrogens with zero attached hydrogens (tertiary/aromatic N) is 2. The average Bonchev–Trinajstić information content (AvgIpc) is 3.00. The maximum atomic E-state index is 12.6. The number of hydrogen-bond donors (Lipinski definition) is 2. The molecule has 156 valence electrons. The van der Waals surface area contributed by atoms with Gasteiger partial charge in [-0.3, -0.25) is 14.3 Å². The number of benzene rings is 2. The van der Waals surface area contributed by atoms with E-state index < -0.39 is 6.04 Å². The van der Waals surface area contributed by atoms with Crippen LogP contribution in [-0.2, 0) is 4.79 Å². The van der Waals surface area contributed by atoms with E-state index in [0.717, 1.165) is 22.5 Å². The van der Waals surface area contributed by atoms with Crippen LogP contribution in [0.25, 0.3) is 0 Å². The van der Waals surface area contributed by atoms with E-state index in [1.807, 2.05) is 52.0 Å². The molecule has 6 nitrogen and oxygen atoms in total. The molecule has 0 aliphatic rings. The van der Waals surface area contributed by atoms with Crippen molar-refractivity contribution in [3.63, 3.8) is 0 Å². The van der Waals surface area contributed by atoms with Crippen molar-refractivity contribution in [3.8, 4) is 0 Å². The maximum Gasteiger partial charge on any atom is 0.255 e. The SMILES string of the molecule is Cc1cc(C)cc(C(=O)Nc2ccc(NC(=O)C(C)n3nc(C)cc3C)c(Cl)c2)c1. The van der Waals surface area contributed by atoms with Gasteiger partial charge >= 0.3 is 0 Å². The summed E-state index contributed by atoms with van der Waals surface area (Å²) >= 11 is 6.35. The summed E-state index contributed by atoms with van der Waals surface area (Å²) in [7, 11) is 0. The summed E-state index contributed by atoms with van der Waals surface area (Å²) < 4.78 is 1.68. The first-order chi connectivity index (χ1) is 14.1. The smallest absolute Gasteiger partial charge is 0.255 e. The van der Waals surface area contributed by atoms with Gasteiger partial charge in [-0.2, -0.15) is 5.10 Å². The number of rotatable bonds is 5. The molecule has 0 aliphatic carbocycles. The topological polar surface area (TPSA) is 76.0 Å². The fraction of sp³-hybridized carbons (Fsp3) is 0.261. The van der Waals surface area contributed by atoms with E-state index in [-0.39, 0.29) is 11.8 Å². The molecule has 1 heterocycles. The van der Waals surface area contributed by atoms with Crippen LogP contribution in [0.5, 0.6) is 0 Å². The fourth-order valence-electron chi connectivity index (χ4n) is 3.39. The van der Waals surface area contributed by atoms with Crippen molar-refractivity contribution in [2.45, 2.75) is 40.7 Å². The molecule has 3 rings (SSSR count). The zero-order valence-electron chi connectivity index (χ0n) is 17.7. The van der Waals surface area contributed by atoms with E-state index in [9.17, 15) is 9.59 Å². The highest BCUT2D eigenvalue weighted by molar-refractivity contribution is 6.34. The Morgan fingerprint density at radius 2 is 1.63 bits per heavy atom. The van der Waals surface area contributed by atoms with Gasteiger partial charge in [0.1, 0.15) is 6.04 Å². The van der Waals surface area contributed by atoms with Gasteiger partial charge in [0.15, 0.2) is 0 Å². The number of carbonyl (C=O) groups excluding carboxylic acids is 2. The number of halogens is 1. The molecular formula is C23H25ClN4O2. The number of nitrogens with one attached hydrogen (secondary N) is 2. The molecule has 0 saturated carbocycles. The van der Waals surface area contributed by atoms with Gasteiger partial charge in [0, 0.05) is 16.9 Å². The molecule has 0 radical (unpaired) electrons. The zero-order chi connectivity index (χ0) is 22.0. The van der Waals surface area contributed by atoms with E-state index in [2.05, 4.69) is 15.7 Å². The first-order valence-electron chi connectivity index (χ1n) is 9.67. The van der Waals surface area contributed by atoms with Crippen LogP contribution in [0.15, 0.2) is 42.5 Å². The lowest BCUT2D eigenvalue weighted by molar-refractivity contribution is -0.119. The molecule has 0 aliphatic heterocycles. The van der Waals surface area contributed by atoms with Gasteiger partial charge in [0.2, 0.25) is 5.91 Å². The Morgan fingerprint density at radius 1 is 0.967 bits per heavy atom. The van der Waals surface area contributed by atoms with Gasteiger partial charge in [0.05, 0.1) is 16.4 Å². The van der Waals surface area contributed by atoms with Crippen LogP contribution >= 0.6 is 11.6 Å². The van der Waals surface area contributed by atoms with Crippen molar-refractivity contribution in [1.29, 1.82) is 0 Å². The molecule has 0 spiro atoms. The van der Waals surface area contributed by atoms with E-state index in [1.165, 1.54) is 0 Å². The van der Waals surface area contributed by atoms with Crippen molar-refractivity contribution >= 4 is 34.8 Å². The Hall–Kier alpha value is -3.12. The Morgan fingerprint density at radius 3 is 2.20 bits per heavy atom. The average molecular weight is 425 g/mol. The second-order valence-corrected chi connectivity index (χ2v) is 7.97. The Labute approximate surface area is 181 Å². The molecule has 2 amide bonds. The van der Waals surface area contributed by atoms with Crippen LogP contribution in [0.2, 0.25) is 5.02 Å². The van der Waals surface area contributed by atoms with Crippen LogP contribution in [0.3, 0.4) is 0 Å². The molecule has 1 atom stereocenters. The third-order valence-electron chi connectivity index (χ3n) is 4.76. The van der Waals surface area contributed by atoms with Crippen molar-refractivity contribution in [2.75, 3.05) is 10.6 Å². The summed E-state index contributed by atoms with van der Waals surface area (Å²) in [5.41, 5.74) is 5.41. The Kier molecular flexibility index (Phi) is 6.27. The van der Waals surface area contributed by atoms with Gasteiger partial charge in [-0.25, -0.2) is 0 Å². The monoisotopic (exact) mass is 424 g/mol. The predicted octanol–water partition coefficient (Wildman–Crippen LogP) is 5.22. The summed E-state index contributed by atoms with van der Waals surface area (Å²) in [5, 5.41) is 10.4. The molecule has 1 aromatic heterocycles. The van der Waals surface area contributed by atoms with Crippen LogP contribution in [0.1, 0.15) is 45.8 Å². The summed E-state index contributed by atoms with van der Waals surface area (Å²) in [6.45, 7) is 9.47. The highest BCUT2D eigenvalue weighted by atomic mass is 35.5. The van der Waals surface area contributed by atoms with Crippen molar-refractivity contribution in [1.82, 2.24) is 9.78 Å². The first kappa shape index (κ1) is 21.6. The van der Waals surface area contributed by atoms with Crippen molar-refractivity contribution in [3.05, 3.63) is 75.6 Å². The van der Waals surface area contributed by atoms with Gasteiger partial charge in [-0.15, -0.1) is 0 Å². The summed E-state index contributed by atoms with van der Waals surface area (Å²) in [5.74, 6) is -0.442. The van der Waals surface area contributed by atoms with E-state index in [1.54, 1.807) is 29.8 Å². The molecule has 2 N–H and O–H groups in total. The molecule has 0 fully saturated rings. The minimum atomic E-state index is -0.487. The highest BCUT2D eigenvalue weighted by Gasteiger charge is 2.19. The van der Waals surface area contributed by atoms with Crippen molar-refractivity contribution < 1.29 is 9.59 Å². The quantitative estimate of drug-likeness (QED) is 0.589. The first-order valence-corrected chi connectivity index (χ1v) is 10.0. The van der Waals surface area contributed by atoms with E-state index >= 15 is 0 Å². The summed E-state index contributed by atoms with van der Waals surface area (Å²) in [6, 6.07) is 12.1. The minimum absolute atomic E-state index is 0.215. The molecular weight excluding hydrogens is 400 g/mol. The predicted molar refractivity (Wildman–Crippen MR) is 120 cm³/mol. The molecule has 1 unspecified atom stereocenters. The lowest BCUT2D eigenvalue weighted by Gasteiger charge is -2.16. The number of aryl methyl sites for hydroxylation is 4. The summed E-state index contributed by atoms with van der Waals surface area (Å²) in [4.78, 5) is 25.2. The van der Waals surface area contributed by atoms with Crippen LogP contribution in [0, 0.1) is 27.7 Å². The van der Waals surface area contributed by atoms with Gasteiger partial charge in [0.25, 0.3) is 5.91 Å². The molecule has 0 saturated heterocycles. The number of aromatic nitrogens is 2. The number of anilines is 2. The van der Waals surface area contributed by atoms with Crippen LogP contribution in [-0.4, -0.2) is 21.6 Å². The number of hydrogen-bond acceptors (Lipinski definition) is 3. The Balaban J connectivity index is 1.71. The largest absolute Gasteiger partial charge is 0.323 e. The molecule has 7 heteroatoms. The van der Waals surface area contributed by atoms with Crippen LogP contribution in [0.4, 0.5) is 11.4 Å². The normalized spacial score (nSPS) is 11.8. The standard InChI is InChI=1S/C23H25ClN4O2/c1-13-8-14(2)10-18(9-13)23(30)25-19-6-7-21(20(24)12-19)26-22(29)17(5)28-16(4)11-15(3)27-28/h6-12,17H,1-5H3,(H,25,30)(H,26,29). The zero-order valence-corrected chi connectivity index (χ0v) is 18.5. The minimum Gasteiger partial charge on any atom is -0.323 e. The summed E-state index contributed by atoms with van der Waals surface area (Å²) in [6.07, 6.45) is 0. The second kappa shape index (κ2) is 8.71. The molecule has 30 heavy (non-hydrogen) atoms. The third kappa shape index (κ3) is 4.89. The Bertz CT molecular complexity index is 1100.